The van der Waals surface area contributed by atoms with Gasteiger partial charge in [0.05, 0.1) is 0 Å². The molecule has 0 bridgehead atoms. The fourth-order valence-electron chi connectivity index (χ4n) is 0.778. The molecule has 0 amide bonds. The van der Waals surface area contributed by atoms with Crippen molar-refractivity contribution < 1.29 is 10.9 Å². The number of thiophene rings is 1. The van der Waals surface area contributed by atoms with E-state index in [-0.39, 0.29) is 24.5 Å². The Labute approximate surface area is 94.6 Å². The van der Waals surface area contributed by atoms with Crippen LogP contribution in [0.3, 0.4) is 0 Å². The van der Waals surface area contributed by atoms with Crippen LogP contribution in [-0.4, -0.2) is 36.3 Å². The maximum atomic E-state index is 5.30. The molecule has 0 aliphatic carbocycles. The van der Waals surface area contributed by atoms with Gasteiger partial charge in [0.1, 0.15) is 13.2 Å². The summed E-state index contributed by atoms with van der Waals surface area (Å²) < 4.78 is 11.5. The Morgan fingerprint density at radius 1 is 1.45 bits per heavy atom. The van der Waals surface area contributed by atoms with Crippen molar-refractivity contribution >= 4 is 50.3 Å². The zero-order valence-electron chi connectivity index (χ0n) is 6.72. The van der Waals surface area contributed by atoms with Gasteiger partial charge < -0.3 is 10.9 Å². The summed E-state index contributed by atoms with van der Waals surface area (Å²) >= 11 is 4.80. The van der Waals surface area contributed by atoms with E-state index in [1.807, 2.05) is 0 Å². The Hall–Kier alpha value is 0.546. The molecule has 2 nitrogen and oxygen atoms in total. The van der Waals surface area contributed by atoms with Gasteiger partial charge in [0, 0.05) is 11.5 Å². The SMILES string of the molecule is Brc1s[c-]c2c1OCCO2.[H-].[Mg+2]. The van der Waals surface area contributed by atoms with Gasteiger partial charge in [0.2, 0.25) is 0 Å². The van der Waals surface area contributed by atoms with Gasteiger partial charge in [-0.25, -0.2) is 0 Å². The van der Waals surface area contributed by atoms with Gasteiger partial charge in [0.25, 0.3) is 0 Å². The summed E-state index contributed by atoms with van der Waals surface area (Å²) in [5.74, 6) is 1.54. The number of ether oxygens (including phenoxy) is 2. The third kappa shape index (κ3) is 1.82. The van der Waals surface area contributed by atoms with Crippen LogP contribution in [0, 0.1) is 5.38 Å². The number of rotatable bonds is 0. The molecule has 56 valence electrons. The van der Waals surface area contributed by atoms with Crippen LogP contribution in [0.2, 0.25) is 0 Å². The standard InChI is InChI=1S/C6H4BrO2S.Mg.H/c7-6-5-4(3-10-6)8-1-2-9-5;;/h1-2H2;;/q-1;+2;-1. The largest absolute Gasteiger partial charge is 2.00 e. The van der Waals surface area contributed by atoms with E-state index in [4.69, 9.17) is 9.47 Å². The molecule has 1 aliphatic heterocycles. The predicted octanol–water partition coefficient (Wildman–Crippen LogP) is 1.81. The smallest absolute Gasteiger partial charge is 1.00 e. The van der Waals surface area contributed by atoms with E-state index in [0.717, 1.165) is 15.3 Å². The molecule has 0 aromatic carbocycles. The minimum Gasteiger partial charge on any atom is -1.00 e. The Balaban J connectivity index is 0.000000605. The Bertz CT molecular complexity index is 256. The fraction of sp³-hybridized carbons (Fsp3) is 0.333. The minimum absolute atomic E-state index is 0. The molecule has 2 heterocycles. The Kier molecular flexibility index (Phi) is 3.48. The molecule has 0 fully saturated rings. The van der Waals surface area contributed by atoms with Crippen LogP contribution in [0.4, 0.5) is 0 Å². The first-order valence-electron chi connectivity index (χ1n) is 2.83. The van der Waals surface area contributed by atoms with Crippen LogP contribution in [-0.2, 0) is 0 Å². The van der Waals surface area contributed by atoms with Crippen molar-refractivity contribution in [3.63, 3.8) is 0 Å². The molecule has 0 spiro atoms. The minimum atomic E-state index is 0. The van der Waals surface area contributed by atoms with Crippen molar-refractivity contribution in [2.75, 3.05) is 13.2 Å². The first-order valence-corrected chi connectivity index (χ1v) is 4.44. The monoisotopic (exact) mass is 244 g/mol. The molecule has 11 heavy (non-hydrogen) atoms. The Morgan fingerprint density at radius 2 is 2.18 bits per heavy atom. The number of fused-ring (bicyclic) bond motifs is 1. The van der Waals surface area contributed by atoms with Crippen molar-refractivity contribution in [2.24, 2.45) is 0 Å². The molecule has 0 saturated heterocycles. The molecule has 0 N–H and O–H groups in total. The van der Waals surface area contributed by atoms with E-state index >= 15 is 0 Å². The number of halogens is 1. The van der Waals surface area contributed by atoms with E-state index in [0.29, 0.717) is 13.2 Å². The Morgan fingerprint density at radius 3 is 2.91 bits per heavy atom. The maximum absolute atomic E-state index is 5.30. The summed E-state index contributed by atoms with van der Waals surface area (Å²) in [5.41, 5.74) is 0. The molecule has 1 aromatic rings. The number of hydrogen-bond acceptors (Lipinski definition) is 3. The van der Waals surface area contributed by atoms with E-state index in [9.17, 15) is 0 Å². The molecule has 2 rings (SSSR count). The van der Waals surface area contributed by atoms with Crippen LogP contribution in [0.15, 0.2) is 3.79 Å². The van der Waals surface area contributed by atoms with Crippen molar-refractivity contribution in [3.05, 3.63) is 9.17 Å². The first-order chi connectivity index (χ1) is 4.88. The maximum Gasteiger partial charge on any atom is 2.00 e. The quantitative estimate of drug-likeness (QED) is 0.513. The summed E-state index contributed by atoms with van der Waals surface area (Å²) in [6, 6.07) is 0. The van der Waals surface area contributed by atoms with Crippen molar-refractivity contribution in [2.45, 2.75) is 0 Å². The average molecular weight is 245 g/mol. The van der Waals surface area contributed by atoms with Crippen LogP contribution in [0.5, 0.6) is 11.5 Å². The molecule has 0 radical (unpaired) electrons. The zero-order valence-corrected chi connectivity index (χ0v) is 9.54. The molecular formula is C6H5BrMgO2S. The van der Waals surface area contributed by atoms with Gasteiger partial charge in [-0.2, -0.15) is 0 Å². The van der Waals surface area contributed by atoms with Crippen LogP contribution in [0.25, 0.3) is 0 Å². The van der Waals surface area contributed by atoms with Gasteiger partial charge >= 0.3 is 23.1 Å². The number of hydrogen-bond donors (Lipinski definition) is 0. The van der Waals surface area contributed by atoms with Crippen molar-refractivity contribution in [3.8, 4) is 11.5 Å². The average Bonchev–Trinajstić information content (AvgIpc) is 2.34. The second-order valence-corrected chi connectivity index (χ2v) is 3.97. The second kappa shape index (κ2) is 3.98. The summed E-state index contributed by atoms with van der Waals surface area (Å²) in [7, 11) is 0. The summed E-state index contributed by atoms with van der Waals surface area (Å²) in [4.78, 5) is 0. The zero-order chi connectivity index (χ0) is 6.97. The molecule has 0 unspecified atom stereocenters. The second-order valence-electron chi connectivity index (χ2n) is 1.83. The predicted molar refractivity (Wildman–Crippen MR) is 48.7 cm³/mol. The molecule has 1 aromatic heterocycles. The van der Waals surface area contributed by atoms with Crippen LogP contribution < -0.4 is 9.47 Å². The van der Waals surface area contributed by atoms with Crippen LogP contribution >= 0.6 is 27.3 Å². The molecule has 5 heteroatoms. The summed E-state index contributed by atoms with van der Waals surface area (Å²) in [6.07, 6.45) is 0. The third-order valence-electron chi connectivity index (χ3n) is 1.19. The van der Waals surface area contributed by atoms with Crippen LogP contribution in [0.1, 0.15) is 1.43 Å². The molecule has 0 atom stereocenters. The van der Waals surface area contributed by atoms with E-state index in [2.05, 4.69) is 21.3 Å². The molecule has 0 saturated carbocycles. The van der Waals surface area contributed by atoms with Crippen molar-refractivity contribution in [1.29, 1.82) is 0 Å². The third-order valence-corrected chi connectivity index (χ3v) is 2.69. The van der Waals surface area contributed by atoms with E-state index in [1.54, 1.807) is 0 Å². The van der Waals surface area contributed by atoms with Gasteiger partial charge in [0.15, 0.2) is 0 Å². The molecule has 1 aliphatic rings. The van der Waals surface area contributed by atoms with Crippen molar-refractivity contribution in [1.82, 2.24) is 0 Å². The molecular weight excluding hydrogens is 240 g/mol. The van der Waals surface area contributed by atoms with Gasteiger partial charge in [-0.1, -0.05) is 5.38 Å². The van der Waals surface area contributed by atoms with E-state index in [1.165, 1.54) is 11.3 Å². The summed E-state index contributed by atoms with van der Waals surface area (Å²) in [5, 5.41) is 2.97. The fourth-order valence-corrected chi connectivity index (χ4v) is 1.89. The normalized spacial score (nSPS) is 13.9. The van der Waals surface area contributed by atoms with Gasteiger partial charge in [-0.15, -0.1) is 15.9 Å². The topological polar surface area (TPSA) is 18.5 Å². The van der Waals surface area contributed by atoms with Gasteiger partial charge in [-0.3, -0.25) is 11.3 Å². The summed E-state index contributed by atoms with van der Waals surface area (Å²) in [6.45, 7) is 1.27. The van der Waals surface area contributed by atoms with Gasteiger partial charge in [-0.05, 0) is 3.79 Å². The first kappa shape index (κ1) is 9.63. The van der Waals surface area contributed by atoms with E-state index < -0.39 is 0 Å².